The van der Waals surface area contributed by atoms with E-state index in [0.717, 1.165) is 22.6 Å². The van der Waals surface area contributed by atoms with Gasteiger partial charge in [0.15, 0.2) is 11.5 Å². The number of nitrogens with zero attached hydrogens (tertiary/aromatic N) is 3. The number of methoxy groups -OCH3 is 1. The lowest BCUT2D eigenvalue weighted by molar-refractivity contribution is -0.143. The molecule has 0 spiro atoms. The first-order valence-corrected chi connectivity index (χ1v) is 12.4. The van der Waals surface area contributed by atoms with Crippen LogP contribution in [0.1, 0.15) is 26.3 Å². The summed E-state index contributed by atoms with van der Waals surface area (Å²) in [7, 11) is 1.65. The molecule has 1 fully saturated rings. The number of ether oxygens (including phenoxy) is 3. The lowest BCUT2D eigenvalue weighted by Crippen LogP contribution is -2.57. The fourth-order valence-corrected chi connectivity index (χ4v) is 5.32. The fourth-order valence-electron chi connectivity index (χ4n) is 5.32. The van der Waals surface area contributed by atoms with Crippen molar-refractivity contribution < 1.29 is 23.8 Å². The van der Waals surface area contributed by atoms with Crippen LogP contribution >= 0.6 is 12.4 Å². The average molecular weight is 528 g/mol. The van der Waals surface area contributed by atoms with Crippen molar-refractivity contribution in [1.29, 1.82) is 0 Å². The molecule has 37 heavy (non-hydrogen) atoms. The van der Waals surface area contributed by atoms with Gasteiger partial charge in [0, 0.05) is 31.7 Å². The van der Waals surface area contributed by atoms with Crippen molar-refractivity contribution in [2.45, 2.75) is 32.4 Å². The van der Waals surface area contributed by atoms with Gasteiger partial charge in [-0.1, -0.05) is 18.2 Å². The highest BCUT2D eigenvalue weighted by Crippen LogP contribution is 2.40. The Bertz CT molecular complexity index is 1210. The van der Waals surface area contributed by atoms with Gasteiger partial charge < -0.3 is 24.0 Å². The minimum absolute atomic E-state index is 0. The van der Waals surface area contributed by atoms with Gasteiger partial charge in [-0.25, -0.2) is 0 Å². The number of carbonyl (C=O) groups excluding carboxylic acids is 2. The van der Waals surface area contributed by atoms with E-state index in [1.54, 1.807) is 12.0 Å². The molecule has 5 rings (SSSR count). The van der Waals surface area contributed by atoms with Crippen molar-refractivity contribution in [3.05, 3.63) is 54.1 Å². The maximum atomic E-state index is 13.6. The number of hydrogen-bond acceptors (Lipinski definition) is 6. The molecule has 198 valence electrons. The highest BCUT2D eigenvalue weighted by molar-refractivity contribution is 6.01. The first-order valence-electron chi connectivity index (χ1n) is 12.4. The molecule has 2 amide bonds. The molecule has 1 unspecified atom stereocenters. The monoisotopic (exact) mass is 527 g/mol. The number of amides is 2. The Labute approximate surface area is 224 Å². The maximum absolute atomic E-state index is 13.6. The van der Waals surface area contributed by atoms with Crippen molar-refractivity contribution in [1.82, 2.24) is 9.80 Å². The van der Waals surface area contributed by atoms with Gasteiger partial charge in [-0.15, -0.1) is 12.4 Å². The standard InChI is InChI=1S/C28H33N3O5.ClH/c1-19-16-28(2,3)31(22-10-9-20(34-4)15-21(19)22)26(32)17-29-11-13-30(14-12-29)27(33)25-18-35-23-7-5-6-8-24(23)36-25;/h5-10,15-16,25H,11-14,17-18H2,1-4H3;1H. The quantitative estimate of drug-likeness (QED) is 0.605. The van der Waals surface area contributed by atoms with Gasteiger partial charge >= 0.3 is 0 Å². The molecule has 0 radical (unpaired) electrons. The van der Waals surface area contributed by atoms with E-state index >= 15 is 0 Å². The van der Waals surface area contributed by atoms with E-state index in [2.05, 4.69) is 31.7 Å². The zero-order valence-electron chi connectivity index (χ0n) is 21.7. The molecule has 0 aromatic heterocycles. The minimum Gasteiger partial charge on any atom is -0.497 e. The molecule has 0 bridgehead atoms. The number of piperazine rings is 1. The van der Waals surface area contributed by atoms with Gasteiger partial charge in [-0.05, 0) is 56.7 Å². The van der Waals surface area contributed by atoms with Crippen molar-refractivity contribution in [2.24, 2.45) is 0 Å². The van der Waals surface area contributed by atoms with E-state index in [1.807, 2.05) is 47.4 Å². The number of carbonyl (C=O) groups is 2. The van der Waals surface area contributed by atoms with Crippen LogP contribution in [0.15, 0.2) is 48.5 Å². The van der Waals surface area contributed by atoms with Crippen LogP contribution in [0.3, 0.4) is 0 Å². The Balaban J connectivity index is 0.00000320. The van der Waals surface area contributed by atoms with E-state index in [9.17, 15) is 9.59 Å². The van der Waals surface area contributed by atoms with E-state index < -0.39 is 11.6 Å². The number of fused-ring (bicyclic) bond motifs is 2. The van der Waals surface area contributed by atoms with Crippen LogP contribution in [0.25, 0.3) is 5.57 Å². The molecule has 3 aliphatic rings. The molecule has 0 saturated carbocycles. The number of benzene rings is 2. The molecular formula is C28H34ClN3O5. The third kappa shape index (κ3) is 5.26. The number of halogens is 1. The smallest absolute Gasteiger partial charge is 0.267 e. The Hall–Kier alpha value is -3.23. The SMILES string of the molecule is COc1ccc2c(c1)C(C)=CC(C)(C)N2C(=O)CN1CCN(C(=O)C2COc3ccccc3O2)CC1.Cl. The number of anilines is 1. The number of allylic oxidation sites excluding steroid dienone is 1. The highest BCUT2D eigenvalue weighted by Gasteiger charge is 2.38. The van der Waals surface area contributed by atoms with Crippen molar-refractivity contribution in [3.8, 4) is 17.2 Å². The van der Waals surface area contributed by atoms with E-state index in [-0.39, 0.29) is 30.8 Å². The number of para-hydroxylation sites is 2. The Kier molecular flexibility index (Phi) is 7.71. The molecule has 8 nitrogen and oxygen atoms in total. The Morgan fingerprint density at radius 1 is 1.05 bits per heavy atom. The summed E-state index contributed by atoms with van der Waals surface area (Å²) in [6.45, 7) is 9.02. The second-order valence-corrected chi connectivity index (χ2v) is 10.1. The van der Waals surface area contributed by atoms with Crippen molar-refractivity contribution >= 4 is 35.5 Å². The normalized spacial score (nSPS) is 20.3. The summed E-state index contributed by atoms with van der Waals surface area (Å²) >= 11 is 0. The van der Waals surface area contributed by atoms with E-state index in [0.29, 0.717) is 44.2 Å². The average Bonchev–Trinajstić information content (AvgIpc) is 2.87. The van der Waals surface area contributed by atoms with Gasteiger partial charge in [-0.2, -0.15) is 0 Å². The van der Waals surface area contributed by atoms with Crippen LogP contribution in [-0.4, -0.2) is 79.7 Å². The summed E-state index contributed by atoms with van der Waals surface area (Å²) in [5.41, 5.74) is 2.58. The lowest BCUT2D eigenvalue weighted by atomic mass is 9.88. The third-order valence-corrected chi connectivity index (χ3v) is 7.09. The molecule has 3 aliphatic heterocycles. The minimum atomic E-state index is -0.647. The topological polar surface area (TPSA) is 71.6 Å². The molecule has 9 heteroatoms. The third-order valence-electron chi connectivity index (χ3n) is 7.09. The van der Waals surface area contributed by atoms with Crippen LogP contribution in [-0.2, 0) is 9.59 Å². The molecule has 1 saturated heterocycles. The van der Waals surface area contributed by atoms with E-state index in [4.69, 9.17) is 14.2 Å². The van der Waals surface area contributed by atoms with Gasteiger partial charge in [-0.3, -0.25) is 14.5 Å². The summed E-state index contributed by atoms with van der Waals surface area (Å²) in [5, 5.41) is 0. The van der Waals surface area contributed by atoms with Crippen molar-refractivity contribution in [3.63, 3.8) is 0 Å². The summed E-state index contributed by atoms with van der Waals surface area (Å²) in [6.07, 6.45) is 1.49. The van der Waals surface area contributed by atoms with E-state index in [1.165, 1.54) is 0 Å². The van der Waals surface area contributed by atoms with Crippen molar-refractivity contribution in [2.75, 3.05) is 51.3 Å². The van der Waals surface area contributed by atoms with Crippen LogP contribution in [0.2, 0.25) is 0 Å². The first-order chi connectivity index (χ1) is 17.3. The summed E-state index contributed by atoms with van der Waals surface area (Å²) < 4.78 is 17.0. The van der Waals surface area contributed by atoms with Crippen LogP contribution in [0.5, 0.6) is 17.2 Å². The largest absolute Gasteiger partial charge is 0.497 e. The summed E-state index contributed by atoms with van der Waals surface area (Å²) in [6, 6.07) is 13.2. The fraction of sp³-hybridized carbons (Fsp3) is 0.429. The molecule has 0 aliphatic carbocycles. The number of hydrogen-bond donors (Lipinski definition) is 0. The zero-order chi connectivity index (χ0) is 25.4. The van der Waals surface area contributed by atoms with Gasteiger partial charge in [0.25, 0.3) is 5.91 Å². The predicted molar refractivity (Wildman–Crippen MR) is 145 cm³/mol. The van der Waals surface area contributed by atoms with Gasteiger partial charge in [0.2, 0.25) is 12.0 Å². The van der Waals surface area contributed by atoms with Crippen LogP contribution < -0.4 is 19.1 Å². The molecule has 3 heterocycles. The van der Waals surface area contributed by atoms with Gasteiger partial charge in [0.1, 0.15) is 12.4 Å². The number of rotatable bonds is 4. The Morgan fingerprint density at radius 3 is 2.46 bits per heavy atom. The summed E-state index contributed by atoms with van der Waals surface area (Å²) in [4.78, 5) is 32.5. The second kappa shape index (κ2) is 10.6. The lowest BCUT2D eigenvalue weighted by Gasteiger charge is -2.43. The molecule has 1 atom stereocenters. The van der Waals surface area contributed by atoms with Crippen LogP contribution in [0.4, 0.5) is 5.69 Å². The summed E-state index contributed by atoms with van der Waals surface area (Å²) in [5.74, 6) is 1.99. The Morgan fingerprint density at radius 2 is 1.76 bits per heavy atom. The highest BCUT2D eigenvalue weighted by atomic mass is 35.5. The second-order valence-electron chi connectivity index (χ2n) is 10.1. The molecular weight excluding hydrogens is 494 g/mol. The molecule has 0 N–H and O–H groups in total. The van der Waals surface area contributed by atoms with Crippen LogP contribution in [0, 0.1) is 0 Å². The maximum Gasteiger partial charge on any atom is 0.267 e. The first kappa shape index (κ1) is 26.8. The molecule has 2 aromatic carbocycles. The zero-order valence-corrected chi connectivity index (χ0v) is 22.5. The molecule has 2 aromatic rings. The predicted octanol–water partition coefficient (Wildman–Crippen LogP) is 3.63. The van der Waals surface area contributed by atoms with Gasteiger partial charge in [0.05, 0.1) is 24.9 Å².